The Morgan fingerprint density at radius 1 is 1.05 bits per heavy atom. The zero-order valence-electron chi connectivity index (χ0n) is 20.7. The predicted octanol–water partition coefficient (Wildman–Crippen LogP) is 5.18. The molecule has 0 saturated heterocycles. The molecule has 0 radical (unpaired) electrons. The number of hydrogen-bond donors (Lipinski definition) is 1. The molecule has 0 saturated carbocycles. The third-order valence-corrected chi connectivity index (χ3v) is 7.17. The fraction of sp³-hybridized carbons (Fsp3) is 0.172. The molecule has 4 aromatic rings. The summed E-state index contributed by atoms with van der Waals surface area (Å²) in [5.74, 6) is 1.38. The second-order valence-electron chi connectivity index (χ2n) is 9.61. The van der Waals surface area contributed by atoms with Crippen molar-refractivity contribution in [1.29, 1.82) is 0 Å². The molecule has 4 heterocycles. The Kier molecular flexibility index (Phi) is 5.10. The molecular weight excluding hydrogens is 481 g/mol. The summed E-state index contributed by atoms with van der Waals surface area (Å²) in [7, 11) is 1.77. The summed E-state index contributed by atoms with van der Waals surface area (Å²) >= 11 is 0. The number of fused-ring (bicyclic) bond motifs is 5. The number of carbonyl (C=O) groups excluding carboxylic acids is 1. The van der Waals surface area contributed by atoms with Gasteiger partial charge in [-0.05, 0) is 42.7 Å². The molecule has 1 amide bonds. The van der Waals surface area contributed by atoms with Gasteiger partial charge in [0.25, 0.3) is 5.91 Å². The van der Waals surface area contributed by atoms with Gasteiger partial charge in [-0.15, -0.1) is 0 Å². The Balaban J connectivity index is 1.30. The molecule has 0 fully saturated rings. The molecule has 0 spiro atoms. The maximum atomic E-state index is 13.7. The summed E-state index contributed by atoms with van der Waals surface area (Å²) in [6.45, 7) is 0.453. The van der Waals surface area contributed by atoms with Crippen LogP contribution in [-0.2, 0) is 6.54 Å². The number of nitrogens with zero attached hydrogens (tertiary/aromatic N) is 6. The van der Waals surface area contributed by atoms with Crippen LogP contribution in [0, 0.1) is 5.82 Å². The summed E-state index contributed by atoms with van der Waals surface area (Å²) in [5.41, 5.74) is 5.09. The van der Waals surface area contributed by atoms with Gasteiger partial charge in [-0.3, -0.25) is 19.6 Å². The maximum Gasteiger partial charge on any atom is 0.267 e. The molecule has 1 atom stereocenters. The Morgan fingerprint density at radius 2 is 1.87 bits per heavy atom. The summed E-state index contributed by atoms with van der Waals surface area (Å²) in [5, 5.41) is 8.27. The largest absolute Gasteiger partial charge is 0.338 e. The van der Waals surface area contributed by atoms with Crippen LogP contribution >= 0.6 is 0 Å². The fourth-order valence-electron chi connectivity index (χ4n) is 5.30. The number of allylic oxidation sites excluding steroid dienone is 1. The first-order chi connectivity index (χ1) is 18.6. The normalized spacial score (nSPS) is 17.6. The van der Waals surface area contributed by atoms with Crippen molar-refractivity contribution in [2.45, 2.75) is 25.4 Å². The smallest absolute Gasteiger partial charge is 0.267 e. The molecule has 1 N–H and O–H groups in total. The van der Waals surface area contributed by atoms with E-state index < -0.39 is 0 Å². The van der Waals surface area contributed by atoms with Gasteiger partial charge < -0.3 is 5.32 Å². The number of hydrogen-bond acceptors (Lipinski definition) is 6. The zero-order valence-corrected chi connectivity index (χ0v) is 20.7. The molecule has 38 heavy (non-hydrogen) atoms. The lowest BCUT2D eigenvalue weighted by Gasteiger charge is -2.33. The van der Waals surface area contributed by atoms with Gasteiger partial charge in [0, 0.05) is 24.0 Å². The average molecular weight is 506 g/mol. The van der Waals surface area contributed by atoms with Gasteiger partial charge in [-0.25, -0.2) is 14.1 Å². The van der Waals surface area contributed by atoms with E-state index in [0.29, 0.717) is 29.6 Å². The van der Waals surface area contributed by atoms with E-state index in [-0.39, 0.29) is 17.8 Å². The van der Waals surface area contributed by atoms with Gasteiger partial charge >= 0.3 is 0 Å². The van der Waals surface area contributed by atoms with E-state index in [4.69, 9.17) is 10.1 Å². The molecule has 8 nitrogen and oxygen atoms in total. The number of para-hydroxylation sites is 1. The first-order valence-corrected chi connectivity index (χ1v) is 12.6. The van der Waals surface area contributed by atoms with Crippen molar-refractivity contribution >= 4 is 29.2 Å². The number of amides is 1. The van der Waals surface area contributed by atoms with Crippen molar-refractivity contribution in [2.75, 3.05) is 17.3 Å². The summed E-state index contributed by atoms with van der Waals surface area (Å²) in [4.78, 5) is 26.4. The molecule has 7 rings (SSSR count). The number of guanidine groups is 1. The molecule has 2 aromatic carbocycles. The lowest BCUT2D eigenvalue weighted by atomic mass is 10.1. The number of rotatable bonds is 5. The van der Waals surface area contributed by atoms with Gasteiger partial charge in [0.05, 0.1) is 24.5 Å². The Morgan fingerprint density at radius 3 is 2.63 bits per heavy atom. The quantitative estimate of drug-likeness (QED) is 0.404. The van der Waals surface area contributed by atoms with Gasteiger partial charge in [0.2, 0.25) is 5.96 Å². The van der Waals surface area contributed by atoms with E-state index in [2.05, 4.69) is 21.3 Å². The molecule has 3 aliphatic rings. The minimum atomic E-state index is -0.363. The maximum absolute atomic E-state index is 13.7. The topological polar surface area (TPSA) is 78.7 Å². The second kappa shape index (κ2) is 8.65. The number of nitrogens with one attached hydrogen (secondary N) is 1. The van der Waals surface area contributed by atoms with Crippen LogP contribution in [0.4, 0.5) is 21.7 Å². The molecular formula is C29H24FN7O. The first-order valence-electron chi connectivity index (χ1n) is 12.6. The lowest BCUT2D eigenvalue weighted by molar-refractivity contribution is 0.0866. The van der Waals surface area contributed by atoms with Crippen molar-refractivity contribution in [1.82, 2.24) is 19.7 Å². The van der Waals surface area contributed by atoms with Crippen LogP contribution in [0.2, 0.25) is 0 Å². The van der Waals surface area contributed by atoms with Crippen LogP contribution in [0.15, 0.2) is 89.7 Å². The second-order valence-corrected chi connectivity index (χ2v) is 9.61. The Bertz CT molecular complexity index is 1610. The van der Waals surface area contributed by atoms with Crippen molar-refractivity contribution in [2.24, 2.45) is 4.99 Å². The van der Waals surface area contributed by atoms with Crippen molar-refractivity contribution in [3.05, 3.63) is 102 Å². The Labute approximate surface area is 218 Å². The molecule has 2 aromatic heterocycles. The van der Waals surface area contributed by atoms with Crippen LogP contribution in [0.3, 0.4) is 0 Å². The molecule has 1 aliphatic carbocycles. The average Bonchev–Trinajstić information content (AvgIpc) is 3.63. The van der Waals surface area contributed by atoms with Crippen LogP contribution in [-0.4, -0.2) is 44.6 Å². The zero-order chi connectivity index (χ0) is 25.8. The van der Waals surface area contributed by atoms with Crippen LogP contribution < -0.4 is 10.2 Å². The highest BCUT2D eigenvalue weighted by atomic mass is 19.1. The monoisotopic (exact) mass is 505 g/mol. The van der Waals surface area contributed by atoms with Crippen LogP contribution in [0.5, 0.6) is 0 Å². The highest BCUT2D eigenvalue weighted by Crippen LogP contribution is 2.43. The van der Waals surface area contributed by atoms with Gasteiger partial charge in [0.15, 0.2) is 11.6 Å². The standard InChI is InChI=1S/C29H24FN7O/c1-35-28(38)25-26(32-21-6-3-2-4-7-21)34-36(27(25)37-24-9-5-8-23(24)33-29(35)37)17-18-10-12-19(13-11-18)22-15-14-20(30)16-31-22/h2-4,6-7,9-16,23H,5,8,17H2,1H3,(H,32,34)/t23-/m1/s1. The molecule has 2 aliphatic heterocycles. The van der Waals surface area contributed by atoms with Gasteiger partial charge in [0.1, 0.15) is 11.4 Å². The lowest BCUT2D eigenvalue weighted by Crippen LogP contribution is -2.48. The molecule has 0 bridgehead atoms. The summed E-state index contributed by atoms with van der Waals surface area (Å²) < 4.78 is 15.2. The molecule has 188 valence electrons. The SMILES string of the molecule is CN1C(=O)c2c(Nc3ccccc3)nn(Cc3ccc(-c4ccc(F)cn4)cc3)c2N2C3=CCC[C@H]3N=C12. The van der Waals surface area contributed by atoms with Crippen molar-refractivity contribution in [3.63, 3.8) is 0 Å². The minimum Gasteiger partial charge on any atom is -0.338 e. The van der Waals surface area contributed by atoms with Gasteiger partial charge in [-0.1, -0.05) is 48.5 Å². The Hall–Kier alpha value is -4.79. The number of aliphatic imine (C=N–C) groups is 1. The molecule has 9 heteroatoms. The number of pyridine rings is 1. The number of anilines is 3. The van der Waals surface area contributed by atoms with E-state index in [9.17, 15) is 9.18 Å². The van der Waals surface area contributed by atoms with Crippen LogP contribution in [0.25, 0.3) is 11.3 Å². The van der Waals surface area contributed by atoms with Crippen molar-refractivity contribution in [3.8, 4) is 11.3 Å². The summed E-state index contributed by atoms with van der Waals surface area (Å²) in [6.07, 6.45) is 5.33. The first kappa shape index (κ1) is 22.4. The van der Waals surface area contributed by atoms with E-state index in [1.807, 2.05) is 59.3 Å². The van der Waals surface area contributed by atoms with E-state index >= 15 is 0 Å². The van der Waals surface area contributed by atoms with Crippen molar-refractivity contribution < 1.29 is 9.18 Å². The van der Waals surface area contributed by atoms with E-state index in [1.54, 1.807) is 18.0 Å². The third kappa shape index (κ3) is 3.58. The van der Waals surface area contributed by atoms with E-state index in [0.717, 1.165) is 41.2 Å². The van der Waals surface area contributed by atoms with Crippen LogP contribution in [0.1, 0.15) is 28.8 Å². The highest BCUT2D eigenvalue weighted by molar-refractivity contribution is 6.22. The predicted molar refractivity (Wildman–Crippen MR) is 144 cm³/mol. The van der Waals surface area contributed by atoms with E-state index in [1.165, 1.54) is 12.3 Å². The van der Waals surface area contributed by atoms with Gasteiger partial charge in [-0.2, -0.15) is 5.10 Å². The number of halogens is 1. The highest BCUT2D eigenvalue weighted by Gasteiger charge is 2.46. The summed E-state index contributed by atoms with van der Waals surface area (Å²) in [6, 6.07) is 20.8. The minimum absolute atomic E-state index is 0.0579. The number of benzene rings is 2. The molecule has 0 unspecified atom stereocenters. The fourth-order valence-corrected chi connectivity index (χ4v) is 5.30. The number of aromatic nitrogens is 3. The third-order valence-electron chi connectivity index (χ3n) is 7.17. The number of carbonyl (C=O) groups is 1.